The minimum atomic E-state index is -0.273. The van der Waals surface area contributed by atoms with Gasteiger partial charge in [0, 0.05) is 25.7 Å². The highest BCUT2D eigenvalue weighted by Crippen LogP contribution is 2.22. The number of anilines is 1. The van der Waals surface area contributed by atoms with Crippen molar-refractivity contribution in [1.82, 2.24) is 5.32 Å². The number of allylic oxidation sites excluding steroid dienone is 3. The fourth-order valence-electron chi connectivity index (χ4n) is 2.54. The minimum absolute atomic E-state index is 0.210. The number of benzene rings is 1. The van der Waals surface area contributed by atoms with E-state index in [2.05, 4.69) is 29.1 Å². The van der Waals surface area contributed by atoms with Crippen LogP contribution in [0, 0.1) is 0 Å². The molecule has 0 unspecified atom stereocenters. The highest BCUT2D eigenvalue weighted by Gasteiger charge is 2.17. The molecule has 1 aromatic rings. The molecule has 5 nitrogen and oxygen atoms in total. The van der Waals surface area contributed by atoms with Crippen LogP contribution in [0.2, 0.25) is 0 Å². The van der Waals surface area contributed by atoms with Crippen molar-refractivity contribution in [2.24, 2.45) is 4.99 Å². The molecule has 1 aliphatic carbocycles. The Labute approximate surface area is 142 Å². The van der Waals surface area contributed by atoms with Crippen LogP contribution in [-0.2, 0) is 9.59 Å². The third-order valence-corrected chi connectivity index (χ3v) is 3.84. The fraction of sp³-hybridized carbons (Fsp3) is 0.316. The topological polar surface area (TPSA) is 61.8 Å². The Morgan fingerprint density at radius 3 is 2.29 bits per heavy atom. The van der Waals surface area contributed by atoms with Crippen LogP contribution in [0.3, 0.4) is 0 Å². The second-order valence-electron chi connectivity index (χ2n) is 5.62. The standard InChI is InChI=1S/C19H23N3O2/c1-5-22(6-2)16-9-7-15(8-10-16)21-17-12-18(20-14(4)23)19(24)11-13(17)3/h7-12H,5-6H2,1-4H3,(H,20,23). The van der Waals surface area contributed by atoms with Crippen LogP contribution in [0.5, 0.6) is 0 Å². The molecular formula is C19H23N3O2. The summed E-state index contributed by atoms with van der Waals surface area (Å²) in [5.41, 5.74) is 3.67. The third-order valence-electron chi connectivity index (χ3n) is 3.84. The molecule has 0 heterocycles. The van der Waals surface area contributed by atoms with Crippen molar-refractivity contribution in [1.29, 1.82) is 0 Å². The van der Waals surface area contributed by atoms with Gasteiger partial charge in [-0.2, -0.15) is 0 Å². The van der Waals surface area contributed by atoms with Gasteiger partial charge in [-0.25, -0.2) is 4.99 Å². The number of carbonyl (C=O) groups is 2. The number of nitrogens with one attached hydrogen (secondary N) is 1. The molecule has 0 spiro atoms. The molecule has 0 saturated heterocycles. The van der Waals surface area contributed by atoms with Gasteiger partial charge < -0.3 is 10.2 Å². The molecule has 2 rings (SSSR count). The Morgan fingerprint density at radius 1 is 1.12 bits per heavy atom. The zero-order valence-corrected chi connectivity index (χ0v) is 14.6. The van der Waals surface area contributed by atoms with Gasteiger partial charge in [0.05, 0.1) is 17.1 Å². The Hall–Kier alpha value is -2.69. The van der Waals surface area contributed by atoms with E-state index in [9.17, 15) is 9.59 Å². The largest absolute Gasteiger partial charge is 0.372 e. The summed E-state index contributed by atoms with van der Waals surface area (Å²) in [7, 11) is 0. The molecule has 1 N–H and O–H groups in total. The van der Waals surface area contributed by atoms with E-state index in [1.165, 1.54) is 13.0 Å². The smallest absolute Gasteiger partial charge is 0.221 e. The van der Waals surface area contributed by atoms with Crippen molar-refractivity contribution in [3.8, 4) is 0 Å². The SMILES string of the molecule is CCN(CC)c1ccc(N=C2C=C(NC(C)=O)C(=O)C=C2C)cc1. The van der Waals surface area contributed by atoms with E-state index in [0.717, 1.165) is 30.0 Å². The first kappa shape index (κ1) is 17.7. The van der Waals surface area contributed by atoms with Crippen molar-refractivity contribution in [2.75, 3.05) is 18.0 Å². The lowest BCUT2D eigenvalue weighted by atomic mass is 10.0. The van der Waals surface area contributed by atoms with Crippen molar-refractivity contribution >= 4 is 28.8 Å². The van der Waals surface area contributed by atoms with Gasteiger partial charge in [-0.3, -0.25) is 9.59 Å². The summed E-state index contributed by atoms with van der Waals surface area (Å²) in [6.07, 6.45) is 3.12. The number of ketones is 1. The van der Waals surface area contributed by atoms with Gasteiger partial charge in [0.15, 0.2) is 0 Å². The van der Waals surface area contributed by atoms with Crippen molar-refractivity contribution < 1.29 is 9.59 Å². The number of carbonyl (C=O) groups excluding carboxylic acids is 2. The van der Waals surface area contributed by atoms with Gasteiger partial charge in [-0.1, -0.05) is 0 Å². The number of rotatable bonds is 5. The van der Waals surface area contributed by atoms with Crippen LogP contribution in [0.1, 0.15) is 27.7 Å². The average molecular weight is 325 g/mol. The van der Waals surface area contributed by atoms with Crippen LogP contribution in [-0.4, -0.2) is 30.5 Å². The van der Waals surface area contributed by atoms with E-state index in [-0.39, 0.29) is 17.4 Å². The highest BCUT2D eigenvalue weighted by molar-refractivity contribution is 6.22. The predicted molar refractivity (Wildman–Crippen MR) is 97.8 cm³/mol. The maximum Gasteiger partial charge on any atom is 0.221 e. The van der Waals surface area contributed by atoms with E-state index in [0.29, 0.717) is 5.71 Å². The molecule has 0 saturated carbocycles. The zero-order chi connectivity index (χ0) is 17.7. The lowest BCUT2D eigenvalue weighted by Gasteiger charge is -2.20. The molecule has 0 fully saturated rings. The van der Waals surface area contributed by atoms with Gasteiger partial charge in [0.25, 0.3) is 0 Å². The quantitative estimate of drug-likeness (QED) is 0.846. The van der Waals surface area contributed by atoms with Crippen LogP contribution >= 0.6 is 0 Å². The molecule has 5 heteroatoms. The van der Waals surface area contributed by atoms with E-state index >= 15 is 0 Å². The fourth-order valence-corrected chi connectivity index (χ4v) is 2.54. The summed E-state index contributed by atoms with van der Waals surface area (Å²) in [6.45, 7) is 9.37. The zero-order valence-electron chi connectivity index (χ0n) is 14.6. The molecule has 24 heavy (non-hydrogen) atoms. The molecule has 1 aromatic carbocycles. The van der Waals surface area contributed by atoms with Gasteiger partial charge >= 0.3 is 0 Å². The lowest BCUT2D eigenvalue weighted by molar-refractivity contribution is -0.120. The number of amides is 1. The van der Waals surface area contributed by atoms with Crippen LogP contribution in [0.15, 0.2) is 52.7 Å². The second-order valence-corrected chi connectivity index (χ2v) is 5.62. The maximum absolute atomic E-state index is 11.9. The summed E-state index contributed by atoms with van der Waals surface area (Å²) >= 11 is 0. The molecule has 0 bridgehead atoms. The highest BCUT2D eigenvalue weighted by atomic mass is 16.2. The van der Waals surface area contributed by atoms with E-state index < -0.39 is 0 Å². The molecule has 1 amide bonds. The first-order valence-electron chi connectivity index (χ1n) is 8.10. The van der Waals surface area contributed by atoms with Gasteiger partial charge in [0.1, 0.15) is 0 Å². The van der Waals surface area contributed by atoms with Crippen molar-refractivity contribution in [3.63, 3.8) is 0 Å². The molecule has 0 aromatic heterocycles. The first-order chi connectivity index (χ1) is 11.4. The maximum atomic E-state index is 11.9. The van der Waals surface area contributed by atoms with Crippen LogP contribution < -0.4 is 10.2 Å². The van der Waals surface area contributed by atoms with Gasteiger partial charge in [-0.05, 0) is 62.8 Å². The second kappa shape index (κ2) is 7.73. The summed E-state index contributed by atoms with van der Waals surface area (Å²) in [4.78, 5) is 30.0. The van der Waals surface area contributed by atoms with Crippen LogP contribution in [0.4, 0.5) is 11.4 Å². The van der Waals surface area contributed by atoms with E-state index in [1.807, 2.05) is 31.2 Å². The van der Waals surface area contributed by atoms with Crippen LogP contribution in [0.25, 0.3) is 0 Å². The summed E-state index contributed by atoms with van der Waals surface area (Å²) in [5, 5.41) is 2.55. The summed E-state index contributed by atoms with van der Waals surface area (Å²) in [5.74, 6) is -0.482. The molecule has 1 aliphatic rings. The number of nitrogens with zero attached hydrogens (tertiary/aromatic N) is 2. The number of hydrogen-bond donors (Lipinski definition) is 1. The Morgan fingerprint density at radius 2 is 1.75 bits per heavy atom. The molecule has 0 aliphatic heterocycles. The normalized spacial score (nSPS) is 15.8. The third kappa shape index (κ3) is 4.19. The van der Waals surface area contributed by atoms with Gasteiger partial charge in [-0.15, -0.1) is 0 Å². The number of aliphatic imine (C=N–C) groups is 1. The Bertz CT molecular complexity index is 723. The molecule has 0 atom stereocenters. The van der Waals surface area contributed by atoms with Crippen molar-refractivity contribution in [3.05, 3.63) is 47.7 Å². The van der Waals surface area contributed by atoms with E-state index in [1.54, 1.807) is 6.08 Å². The monoisotopic (exact) mass is 325 g/mol. The lowest BCUT2D eigenvalue weighted by Crippen LogP contribution is -2.27. The van der Waals surface area contributed by atoms with Gasteiger partial charge in [0.2, 0.25) is 11.7 Å². The molecule has 126 valence electrons. The summed E-state index contributed by atoms with van der Waals surface area (Å²) < 4.78 is 0. The number of hydrogen-bond acceptors (Lipinski definition) is 4. The van der Waals surface area contributed by atoms with E-state index in [4.69, 9.17) is 0 Å². The van der Waals surface area contributed by atoms with Crippen molar-refractivity contribution in [2.45, 2.75) is 27.7 Å². The molecular weight excluding hydrogens is 302 g/mol. The summed E-state index contributed by atoms with van der Waals surface area (Å²) in [6, 6.07) is 7.99. The first-order valence-corrected chi connectivity index (χ1v) is 8.10. The molecule has 0 radical (unpaired) electrons. The predicted octanol–water partition coefficient (Wildman–Crippen LogP) is 3.15. The Balaban J connectivity index is 2.28. The average Bonchev–Trinajstić information content (AvgIpc) is 2.54. The Kier molecular flexibility index (Phi) is 5.68. The minimum Gasteiger partial charge on any atom is -0.372 e.